The van der Waals surface area contributed by atoms with E-state index in [1.807, 2.05) is 18.2 Å². The maximum atomic E-state index is 12.2. The number of carbonyl (C=O) groups is 2. The van der Waals surface area contributed by atoms with Crippen molar-refractivity contribution in [3.63, 3.8) is 0 Å². The van der Waals surface area contributed by atoms with Gasteiger partial charge < -0.3 is 14.5 Å². The van der Waals surface area contributed by atoms with Crippen molar-refractivity contribution in [3.05, 3.63) is 52.6 Å². The first kappa shape index (κ1) is 14.3. The summed E-state index contributed by atoms with van der Waals surface area (Å²) in [7, 11) is 1.33. The number of nitrogens with one attached hydrogen (secondary N) is 1. The number of benzene rings is 1. The molecular weight excluding hydrogens is 302 g/mol. The molecule has 5 nitrogen and oxygen atoms in total. The minimum absolute atomic E-state index is 0.229. The van der Waals surface area contributed by atoms with E-state index in [1.165, 1.54) is 18.4 Å². The summed E-state index contributed by atoms with van der Waals surface area (Å²) < 4.78 is 10.2. The SMILES string of the molecule is COC(=O)c1sc(NC(=O)c2cc3ccccc3o2)cc1C. The van der Waals surface area contributed by atoms with Gasteiger partial charge in [0.05, 0.1) is 12.1 Å². The number of aryl methyl sites for hydroxylation is 1. The van der Waals surface area contributed by atoms with Gasteiger partial charge in [0.1, 0.15) is 10.5 Å². The fourth-order valence-corrected chi connectivity index (χ4v) is 3.09. The number of methoxy groups -OCH3 is 1. The van der Waals surface area contributed by atoms with Crippen LogP contribution in [0, 0.1) is 6.92 Å². The van der Waals surface area contributed by atoms with Crippen molar-refractivity contribution < 1.29 is 18.7 Å². The first-order chi connectivity index (χ1) is 10.6. The first-order valence-corrected chi connectivity index (χ1v) is 7.39. The number of esters is 1. The number of hydrogen-bond acceptors (Lipinski definition) is 5. The van der Waals surface area contributed by atoms with E-state index < -0.39 is 5.97 Å². The van der Waals surface area contributed by atoms with Gasteiger partial charge in [-0.05, 0) is 30.7 Å². The molecule has 0 unspecified atom stereocenters. The number of carbonyl (C=O) groups excluding carboxylic acids is 2. The lowest BCUT2D eigenvalue weighted by Gasteiger charge is -1.98. The largest absolute Gasteiger partial charge is 0.465 e. The second-order valence-corrected chi connectivity index (χ2v) is 5.77. The van der Waals surface area contributed by atoms with Crippen molar-refractivity contribution in [1.29, 1.82) is 0 Å². The number of furan rings is 1. The van der Waals surface area contributed by atoms with Crippen LogP contribution in [0.2, 0.25) is 0 Å². The molecule has 0 aliphatic rings. The van der Waals surface area contributed by atoms with E-state index in [0.29, 0.717) is 15.5 Å². The van der Waals surface area contributed by atoms with E-state index in [4.69, 9.17) is 9.15 Å². The molecular formula is C16H13NO4S. The molecule has 0 aliphatic carbocycles. The smallest absolute Gasteiger partial charge is 0.348 e. The number of amides is 1. The van der Waals surface area contributed by atoms with Crippen LogP contribution in [-0.2, 0) is 4.74 Å². The van der Waals surface area contributed by atoms with E-state index >= 15 is 0 Å². The van der Waals surface area contributed by atoms with Crippen molar-refractivity contribution >= 4 is 39.2 Å². The molecule has 6 heteroatoms. The summed E-state index contributed by atoms with van der Waals surface area (Å²) in [6.45, 7) is 1.79. The monoisotopic (exact) mass is 315 g/mol. The zero-order valence-electron chi connectivity index (χ0n) is 12.0. The highest BCUT2D eigenvalue weighted by molar-refractivity contribution is 7.18. The third kappa shape index (κ3) is 2.60. The number of rotatable bonds is 3. The minimum Gasteiger partial charge on any atom is -0.465 e. The molecule has 1 N–H and O–H groups in total. The summed E-state index contributed by atoms with van der Waals surface area (Å²) in [6.07, 6.45) is 0. The zero-order chi connectivity index (χ0) is 15.7. The van der Waals surface area contributed by atoms with Crippen molar-refractivity contribution in [2.45, 2.75) is 6.92 Å². The Morgan fingerprint density at radius 1 is 1.23 bits per heavy atom. The second kappa shape index (κ2) is 5.65. The highest BCUT2D eigenvalue weighted by Gasteiger charge is 2.17. The molecule has 0 radical (unpaired) electrons. The molecule has 0 spiro atoms. The lowest BCUT2D eigenvalue weighted by Crippen LogP contribution is -2.09. The van der Waals surface area contributed by atoms with Crippen LogP contribution >= 0.6 is 11.3 Å². The fourth-order valence-electron chi connectivity index (χ4n) is 2.11. The van der Waals surface area contributed by atoms with E-state index in [1.54, 1.807) is 25.1 Å². The van der Waals surface area contributed by atoms with Gasteiger partial charge in [-0.3, -0.25) is 4.79 Å². The molecule has 0 fully saturated rings. The van der Waals surface area contributed by atoms with Crippen LogP contribution in [0.15, 0.2) is 40.8 Å². The summed E-state index contributed by atoms with van der Waals surface area (Å²) in [5.41, 5.74) is 1.42. The Hall–Kier alpha value is -2.60. The highest BCUT2D eigenvalue weighted by Crippen LogP contribution is 2.28. The molecule has 3 rings (SSSR count). The molecule has 0 bridgehead atoms. The van der Waals surface area contributed by atoms with Gasteiger partial charge in [-0.25, -0.2) is 4.79 Å². The molecule has 2 aromatic heterocycles. The molecule has 22 heavy (non-hydrogen) atoms. The van der Waals surface area contributed by atoms with Gasteiger partial charge >= 0.3 is 5.97 Å². The first-order valence-electron chi connectivity index (χ1n) is 6.57. The summed E-state index contributed by atoms with van der Waals surface area (Å²) in [5.74, 6) is -0.535. The van der Waals surface area contributed by atoms with E-state index in [0.717, 1.165) is 10.9 Å². The Labute approximate surface area is 130 Å². The Morgan fingerprint density at radius 3 is 2.73 bits per heavy atom. The summed E-state index contributed by atoms with van der Waals surface area (Å²) in [5, 5.41) is 4.18. The Balaban J connectivity index is 1.83. The number of anilines is 1. The highest BCUT2D eigenvalue weighted by atomic mass is 32.1. The average molecular weight is 315 g/mol. The van der Waals surface area contributed by atoms with Gasteiger partial charge in [0, 0.05) is 5.39 Å². The standard InChI is InChI=1S/C16H13NO4S/c1-9-7-13(22-14(9)16(19)20-2)17-15(18)12-8-10-5-3-4-6-11(10)21-12/h3-8H,1-2H3,(H,17,18). The Bertz CT molecular complexity index is 829. The van der Waals surface area contributed by atoms with Crippen LogP contribution in [0.4, 0.5) is 5.00 Å². The topological polar surface area (TPSA) is 68.5 Å². The molecule has 0 aliphatic heterocycles. The van der Waals surface area contributed by atoms with Crippen LogP contribution in [0.3, 0.4) is 0 Å². The quantitative estimate of drug-likeness (QED) is 0.746. The number of hydrogen-bond donors (Lipinski definition) is 1. The molecule has 1 aromatic carbocycles. The van der Waals surface area contributed by atoms with Crippen LogP contribution in [0.25, 0.3) is 11.0 Å². The number of fused-ring (bicyclic) bond motifs is 1. The second-order valence-electron chi connectivity index (χ2n) is 4.72. The number of para-hydroxylation sites is 1. The molecule has 0 atom stereocenters. The molecule has 3 aromatic rings. The average Bonchev–Trinajstić information content (AvgIpc) is 3.09. The fraction of sp³-hybridized carbons (Fsp3) is 0.125. The third-order valence-electron chi connectivity index (χ3n) is 3.17. The molecule has 112 valence electrons. The zero-order valence-corrected chi connectivity index (χ0v) is 12.8. The summed E-state index contributed by atoms with van der Waals surface area (Å²) in [4.78, 5) is 24.3. The van der Waals surface area contributed by atoms with Gasteiger partial charge in [-0.15, -0.1) is 11.3 Å². The van der Waals surface area contributed by atoms with Crippen molar-refractivity contribution in [2.24, 2.45) is 0 Å². The van der Waals surface area contributed by atoms with Crippen molar-refractivity contribution in [1.82, 2.24) is 0 Å². The van der Waals surface area contributed by atoms with Gasteiger partial charge in [0.15, 0.2) is 5.76 Å². The normalized spacial score (nSPS) is 10.6. The predicted octanol–water partition coefficient (Wildman–Crippen LogP) is 3.84. The van der Waals surface area contributed by atoms with Crippen LogP contribution < -0.4 is 5.32 Å². The van der Waals surface area contributed by atoms with Gasteiger partial charge in [-0.2, -0.15) is 0 Å². The predicted molar refractivity (Wildman–Crippen MR) is 84.6 cm³/mol. The van der Waals surface area contributed by atoms with Gasteiger partial charge in [0.25, 0.3) is 5.91 Å². The minimum atomic E-state index is -0.410. The number of ether oxygens (including phenoxy) is 1. The van der Waals surface area contributed by atoms with Crippen LogP contribution in [-0.4, -0.2) is 19.0 Å². The van der Waals surface area contributed by atoms with E-state index in [9.17, 15) is 9.59 Å². The lowest BCUT2D eigenvalue weighted by atomic mass is 10.2. The van der Waals surface area contributed by atoms with Crippen LogP contribution in [0.1, 0.15) is 25.8 Å². The van der Waals surface area contributed by atoms with Crippen molar-refractivity contribution in [2.75, 3.05) is 12.4 Å². The Kier molecular flexibility index (Phi) is 3.68. The van der Waals surface area contributed by atoms with E-state index in [-0.39, 0.29) is 11.7 Å². The molecule has 2 heterocycles. The van der Waals surface area contributed by atoms with Crippen LogP contribution in [0.5, 0.6) is 0 Å². The molecule has 1 amide bonds. The maximum Gasteiger partial charge on any atom is 0.348 e. The lowest BCUT2D eigenvalue weighted by molar-refractivity contribution is 0.0605. The molecule has 0 saturated heterocycles. The summed E-state index contributed by atoms with van der Waals surface area (Å²) >= 11 is 1.17. The third-order valence-corrected chi connectivity index (χ3v) is 4.31. The number of thiophene rings is 1. The van der Waals surface area contributed by atoms with Crippen molar-refractivity contribution in [3.8, 4) is 0 Å². The maximum absolute atomic E-state index is 12.2. The summed E-state index contributed by atoms with van der Waals surface area (Å²) in [6, 6.07) is 10.8. The van der Waals surface area contributed by atoms with Gasteiger partial charge in [-0.1, -0.05) is 18.2 Å². The Morgan fingerprint density at radius 2 is 2.00 bits per heavy atom. The van der Waals surface area contributed by atoms with Gasteiger partial charge in [0.2, 0.25) is 0 Å². The van der Waals surface area contributed by atoms with E-state index in [2.05, 4.69) is 5.32 Å². The molecule has 0 saturated carbocycles.